The molecule has 34 heavy (non-hydrogen) atoms. The lowest BCUT2D eigenvalue weighted by molar-refractivity contribution is -0.139. The van der Waals surface area contributed by atoms with Crippen LogP contribution in [-0.2, 0) is 15.1 Å². The van der Waals surface area contributed by atoms with Crippen LogP contribution in [0.2, 0.25) is 0 Å². The van der Waals surface area contributed by atoms with Crippen LogP contribution >= 0.6 is 0 Å². The van der Waals surface area contributed by atoms with Crippen LogP contribution in [-0.4, -0.2) is 60.4 Å². The van der Waals surface area contributed by atoms with E-state index in [0.717, 1.165) is 21.4 Å². The van der Waals surface area contributed by atoms with Gasteiger partial charge in [-0.05, 0) is 53.9 Å². The second-order valence-electron chi connectivity index (χ2n) is 9.22. The maximum atomic E-state index is 13.3. The Morgan fingerprint density at radius 1 is 0.912 bits per heavy atom. The van der Waals surface area contributed by atoms with Crippen molar-refractivity contribution in [1.82, 2.24) is 15.1 Å². The molecule has 3 aromatic carbocycles. The minimum absolute atomic E-state index is 0.213. The summed E-state index contributed by atoms with van der Waals surface area (Å²) in [6.07, 6.45) is 0. The summed E-state index contributed by atoms with van der Waals surface area (Å²) in [6.45, 7) is 6.04. The van der Waals surface area contributed by atoms with Crippen molar-refractivity contribution in [3.05, 3.63) is 77.9 Å². The van der Waals surface area contributed by atoms with E-state index in [-0.39, 0.29) is 12.5 Å². The van der Waals surface area contributed by atoms with Crippen molar-refractivity contribution >= 4 is 34.3 Å². The van der Waals surface area contributed by atoms with Crippen LogP contribution in [0.15, 0.2) is 66.7 Å². The van der Waals surface area contributed by atoms with E-state index in [1.165, 1.54) is 5.56 Å². The Morgan fingerprint density at radius 2 is 1.65 bits per heavy atom. The maximum absolute atomic E-state index is 13.3. The van der Waals surface area contributed by atoms with E-state index in [2.05, 4.69) is 35.3 Å². The number of imide groups is 1. The molecule has 1 atom stereocenters. The number of urea groups is 1. The predicted octanol–water partition coefficient (Wildman–Crippen LogP) is 3.26. The molecule has 7 heteroatoms. The van der Waals surface area contributed by atoms with E-state index in [9.17, 15) is 14.4 Å². The van der Waals surface area contributed by atoms with Gasteiger partial charge in [0.1, 0.15) is 12.1 Å². The second-order valence-corrected chi connectivity index (χ2v) is 9.22. The van der Waals surface area contributed by atoms with Crippen LogP contribution in [0.3, 0.4) is 0 Å². The fourth-order valence-electron chi connectivity index (χ4n) is 4.81. The first-order chi connectivity index (χ1) is 16.3. The average Bonchev–Trinajstić information content (AvgIpc) is 3.07. The fraction of sp³-hybridized carbons (Fsp3) is 0.296. The van der Waals surface area contributed by atoms with Gasteiger partial charge in [0.25, 0.3) is 5.91 Å². The van der Waals surface area contributed by atoms with Gasteiger partial charge in [0, 0.05) is 31.9 Å². The number of rotatable bonds is 4. The van der Waals surface area contributed by atoms with Gasteiger partial charge in [-0.15, -0.1) is 0 Å². The molecule has 7 nitrogen and oxygen atoms in total. The first kappa shape index (κ1) is 21.9. The topological polar surface area (TPSA) is 73.0 Å². The van der Waals surface area contributed by atoms with Gasteiger partial charge >= 0.3 is 6.03 Å². The summed E-state index contributed by atoms with van der Waals surface area (Å²) in [5.41, 5.74) is 1.84. The lowest BCUT2D eigenvalue weighted by atomic mass is 9.90. The van der Waals surface area contributed by atoms with Gasteiger partial charge in [-0.3, -0.25) is 14.5 Å². The highest BCUT2D eigenvalue weighted by molar-refractivity contribution is 6.09. The molecule has 2 heterocycles. The highest BCUT2D eigenvalue weighted by Crippen LogP contribution is 2.31. The van der Waals surface area contributed by atoms with Gasteiger partial charge in [-0.25, -0.2) is 4.79 Å². The van der Waals surface area contributed by atoms with Crippen molar-refractivity contribution in [3.8, 4) is 0 Å². The number of carbonyl (C=O) groups is 3. The monoisotopic (exact) mass is 456 g/mol. The number of piperazine rings is 1. The number of carbonyl (C=O) groups excluding carboxylic acids is 3. The summed E-state index contributed by atoms with van der Waals surface area (Å²) in [6, 6.07) is 21.4. The maximum Gasteiger partial charge on any atom is 0.325 e. The van der Waals surface area contributed by atoms with Gasteiger partial charge in [0.2, 0.25) is 5.91 Å². The molecular weight excluding hydrogens is 428 g/mol. The Bertz CT molecular complexity index is 1280. The third-order valence-electron chi connectivity index (χ3n) is 6.89. The molecule has 0 aromatic heterocycles. The van der Waals surface area contributed by atoms with Crippen LogP contribution in [0.4, 0.5) is 10.5 Å². The first-order valence-corrected chi connectivity index (χ1v) is 11.6. The minimum Gasteiger partial charge on any atom is -0.368 e. The van der Waals surface area contributed by atoms with E-state index in [0.29, 0.717) is 31.7 Å². The van der Waals surface area contributed by atoms with Gasteiger partial charge < -0.3 is 15.1 Å². The number of hydrogen-bond donors (Lipinski definition) is 1. The molecule has 1 N–H and O–H groups in total. The molecule has 0 radical (unpaired) electrons. The van der Waals surface area contributed by atoms with Crippen LogP contribution in [0, 0.1) is 6.92 Å². The van der Waals surface area contributed by atoms with Gasteiger partial charge in [0.05, 0.1) is 0 Å². The number of aryl methyl sites for hydroxylation is 1. The molecule has 2 saturated heterocycles. The quantitative estimate of drug-likeness (QED) is 0.612. The first-order valence-electron chi connectivity index (χ1n) is 11.6. The molecule has 2 aliphatic rings. The Labute approximate surface area is 198 Å². The summed E-state index contributed by atoms with van der Waals surface area (Å²) in [7, 11) is 0. The summed E-state index contributed by atoms with van der Waals surface area (Å²) in [5, 5.41) is 4.86. The largest absolute Gasteiger partial charge is 0.368 e. The molecule has 174 valence electrons. The third-order valence-corrected chi connectivity index (χ3v) is 6.89. The summed E-state index contributed by atoms with van der Waals surface area (Å²) in [4.78, 5) is 44.1. The summed E-state index contributed by atoms with van der Waals surface area (Å²) >= 11 is 0. The van der Waals surface area contributed by atoms with Crippen molar-refractivity contribution < 1.29 is 14.4 Å². The molecule has 0 bridgehead atoms. The lowest BCUT2D eigenvalue weighted by Gasteiger charge is -2.36. The van der Waals surface area contributed by atoms with Crippen LogP contribution in [0.5, 0.6) is 0 Å². The van der Waals surface area contributed by atoms with Crippen LogP contribution in [0.25, 0.3) is 10.8 Å². The van der Waals surface area contributed by atoms with Crippen molar-refractivity contribution in [3.63, 3.8) is 0 Å². The zero-order valence-electron chi connectivity index (χ0n) is 19.5. The van der Waals surface area contributed by atoms with E-state index >= 15 is 0 Å². The van der Waals surface area contributed by atoms with E-state index in [1.54, 1.807) is 11.8 Å². The number of benzene rings is 3. The molecule has 0 saturated carbocycles. The van der Waals surface area contributed by atoms with Crippen molar-refractivity contribution in [2.24, 2.45) is 0 Å². The molecule has 3 aromatic rings. The molecule has 0 spiro atoms. The second kappa shape index (κ2) is 8.48. The molecule has 4 amide bonds. The molecule has 0 unspecified atom stereocenters. The minimum atomic E-state index is -1.20. The Balaban J connectivity index is 1.26. The highest BCUT2D eigenvalue weighted by Gasteiger charge is 2.49. The Morgan fingerprint density at radius 3 is 2.38 bits per heavy atom. The predicted molar refractivity (Wildman–Crippen MR) is 132 cm³/mol. The zero-order chi connectivity index (χ0) is 23.9. The fourth-order valence-corrected chi connectivity index (χ4v) is 4.81. The number of hydrogen-bond acceptors (Lipinski definition) is 4. The van der Waals surface area contributed by atoms with Crippen molar-refractivity contribution in [2.45, 2.75) is 19.4 Å². The van der Waals surface area contributed by atoms with Crippen LogP contribution in [0.1, 0.15) is 18.1 Å². The summed E-state index contributed by atoms with van der Waals surface area (Å²) in [5.74, 6) is -0.616. The molecule has 5 rings (SSSR count). The molecular formula is C27H28N4O3. The van der Waals surface area contributed by atoms with Gasteiger partial charge in [0.15, 0.2) is 0 Å². The van der Waals surface area contributed by atoms with E-state index < -0.39 is 17.5 Å². The molecule has 0 aliphatic carbocycles. The average molecular weight is 457 g/mol. The van der Waals surface area contributed by atoms with Crippen molar-refractivity contribution in [1.29, 1.82) is 0 Å². The smallest absolute Gasteiger partial charge is 0.325 e. The standard InChI is InChI=1S/C27H28N4O3/c1-19-6-5-9-23(16-19)29-12-14-30(15-13-29)24(32)18-31-25(33)27(2,28-26(31)34)22-11-10-20-7-3-4-8-21(20)17-22/h3-11,16-17H,12-15,18H2,1-2H3,(H,28,34)/t27-/m0/s1. The molecule has 2 fully saturated rings. The third kappa shape index (κ3) is 3.87. The van der Waals surface area contributed by atoms with E-state index in [1.807, 2.05) is 48.5 Å². The van der Waals surface area contributed by atoms with Gasteiger partial charge in [-0.2, -0.15) is 0 Å². The number of anilines is 1. The highest BCUT2D eigenvalue weighted by atomic mass is 16.2. The SMILES string of the molecule is Cc1cccc(N2CCN(C(=O)CN3C(=O)N[C@@](C)(c4ccc5ccccc5c4)C3=O)CC2)c1. The normalized spacial score (nSPS) is 20.7. The number of fused-ring (bicyclic) bond motifs is 1. The van der Waals surface area contributed by atoms with Gasteiger partial charge in [-0.1, -0.05) is 48.5 Å². The Kier molecular flexibility index (Phi) is 5.48. The van der Waals surface area contributed by atoms with Crippen molar-refractivity contribution in [2.75, 3.05) is 37.6 Å². The number of amides is 4. The molecule has 2 aliphatic heterocycles. The summed E-state index contributed by atoms with van der Waals surface area (Å²) < 4.78 is 0. The van der Waals surface area contributed by atoms with E-state index in [4.69, 9.17) is 0 Å². The van der Waals surface area contributed by atoms with Crippen LogP contribution < -0.4 is 10.2 Å². The number of nitrogens with zero attached hydrogens (tertiary/aromatic N) is 3. The Hall–Kier alpha value is -3.87. The zero-order valence-corrected chi connectivity index (χ0v) is 19.5. The number of nitrogens with one attached hydrogen (secondary N) is 1. The lowest BCUT2D eigenvalue weighted by Crippen LogP contribution is -2.52.